The molecule has 1 amide bonds. The van der Waals surface area contributed by atoms with Crippen LogP contribution in [0.4, 0.5) is 4.79 Å². The van der Waals surface area contributed by atoms with Crippen LogP contribution in [-0.2, 0) is 16.0 Å². The predicted molar refractivity (Wildman–Crippen MR) is 117 cm³/mol. The van der Waals surface area contributed by atoms with E-state index in [1.54, 1.807) is 45.0 Å². The van der Waals surface area contributed by atoms with Gasteiger partial charge in [0.1, 0.15) is 0 Å². The standard InChI is InChI=1S/C23H27NO5Se/c1-15(30-18-8-6-5-7-9-18)20(25)17-12-10-16(11-13-17)14-19(21(26)27)24-22(28)29-23(2,3)4/h5-13,15,19H,14H2,1-4H3,(H,24,28)(H,26,27)/t15?,19-/m0/s1. The van der Waals surface area contributed by atoms with Gasteiger partial charge in [-0.2, -0.15) is 0 Å². The van der Waals surface area contributed by atoms with Gasteiger partial charge in [0.05, 0.1) is 0 Å². The molecule has 0 bridgehead atoms. The molecule has 160 valence electrons. The molecule has 0 aliphatic carbocycles. The fraction of sp³-hybridized carbons (Fsp3) is 0.348. The number of Topliss-reactive ketones (excluding diaryl/α,β-unsaturated/α-hetero) is 1. The van der Waals surface area contributed by atoms with Gasteiger partial charge in [-0.1, -0.05) is 0 Å². The Morgan fingerprint density at radius 3 is 2.17 bits per heavy atom. The van der Waals surface area contributed by atoms with E-state index in [1.807, 2.05) is 37.3 Å². The number of ether oxygens (including phenoxy) is 1. The van der Waals surface area contributed by atoms with Crippen LogP contribution in [0.5, 0.6) is 0 Å². The van der Waals surface area contributed by atoms with E-state index in [2.05, 4.69) is 5.32 Å². The van der Waals surface area contributed by atoms with Crippen molar-refractivity contribution in [1.29, 1.82) is 0 Å². The van der Waals surface area contributed by atoms with Crippen molar-refractivity contribution >= 4 is 37.3 Å². The quantitative estimate of drug-likeness (QED) is 0.451. The van der Waals surface area contributed by atoms with Gasteiger partial charge in [-0.15, -0.1) is 0 Å². The number of carbonyl (C=O) groups excluding carboxylic acids is 2. The van der Waals surface area contributed by atoms with Crippen molar-refractivity contribution in [2.45, 2.75) is 50.6 Å². The molecule has 0 saturated heterocycles. The number of hydrogen-bond donors (Lipinski definition) is 2. The summed E-state index contributed by atoms with van der Waals surface area (Å²) >= 11 is 0.0305. The van der Waals surface area contributed by atoms with Crippen LogP contribution >= 0.6 is 0 Å². The molecule has 0 aliphatic rings. The van der Waals surface area contributed by atoms with Gasteiger partial charge in [-0.05, 0) is 20.8 Å². The molecule has 0 spiro atoms. The van der Waals surface area contributed by atoms with Crippen LogP contribution in [0.3, 0.4) is 0 Å². The number of hydrogen-bond acceptors (Lipinski definition) is 4. The van der Waals surface area contributed by atoms with Gasteiger partial charge >= 0.3 is 162 Å². The van der Waals surface area contributed by atoms with Crippen molar-refractivity contribution in [2.75, 3.05) is 0 Å². The molecule has 0 heterocycles. The van der Waals surface area contributed by atoms with Crippen LogP contribution in [0.2, 0.25) is 4.82 Å². The second-order valence-electron chi connectivity index (χ2n) is 7.88. The topological polar surface area (TPSA) is 92.7 Å². The van der Waals surface area contributed by atoms with Crippen LogP contribution in [0, 0.1) is 0 Å². The van der Waals surface area contributed by atoms with E-state index in [9.17, 15) is 19.5 Å². The van der Waals surface area contributed by atoms with E-state index in [1.165, 1.54) is 4.46 Å². The van der Waals surface area contributed by atoms with E-state index < -0.39 is 23.7 Å². The molecule has 0 fully saturated rings. The van der Waals surface area contributed by atoms with Crippen molar-refractivity contribution in [3.8, 4) is 0 Å². The fourth-order valence-electron chi connectivity index (χ4n) is 2.68. The first-order valence-electron chi connectivity index (χ1n) is 9.62. The third-order valence-electron chi connectivity index (χ3n) is 4.09. The average Bonchev–Trinajstić information content (AvgIpc) is 2.66. The SMILES string of the molecule is CC([Se]c1ccccc1)C(=O)c1ccc(C[C@H](NC(=O)OC(C)(C)C)C(=O)O)cc1. The van der Waals surface area contributed by atoms with Crippen molar-refractivity contribution in [1.82, 2.24) is 5.32 Å². The normalized spacial score (nSPS) is 13.2. The van der Waals surface area contributed by atoms with Crippen LogP contribution < -0.4 is 9.78 Å². The Morgan fingerprint density at radius 2 is 1.63 bits per heavy atom. The zero-order chi connectivity index (χ0) is 22.3. The molecule has 2 N–H and O–H groups in total. The Bertz CT molecular complexity index is 875. The van der Waals surface area contributed by atoms with Crippen molar-refractivity contribution in [3.05, 3.63) is 65.7 Å². The molecule has 7 heteroatoms. The van der Waals surface area contributed by atoms with E-state index in [4.69, 9.17) is 4.74 Å². The number of alkyl carbamates (subject to hydrolysis) is 1. The minimum atomic E-state index is -1.15. The van der Waals surface area contributed by atoms with Crippen molar-refractivity contribution in [3.63, 3.8) is 0 Å². The molecular formula is C23H27NO5Se. The number of ketones is 1. The number of carboxylic acid groups (broad SMARTS) is 1. The maximum atomic E-state index is 12.7. The first-order chi connectivity index (χ1) is 14.0. The molecule has 2 aromatic rings. The summed E-state index contributed by atoms with van der Waals surface area (Å²) < 4.78 is 6.29. The van der Waals surface area contributed by atoms with Gasteiger partial charge in [-0.25, -0.2) is 0 Å². The van der Waals surface area contributed by atoms with Crippen LogP contribution in [-0.4, -0.2) is 49.6 Å². The molecule has 0 saturated carbocycles. The Kier molecular flexibility index (Phi) is 8.21. The van der Waals surface area contributed by atoms with E-state index in [-0.39, 0.29) is 32.0 Å². The third kappa shape index (κ3) is 7.65. The summed E-state index contributed by atoms with van der Waals surface area (Å²) in [6.45, 7) is 7.04. The molecule has 1 unspecified atom stereocenters. The van der Waals surface area contributed by atoms with Gasteiger partial charge in [0.2, 0.25) is 0 Å². The Hall–Kier alpha value is -2.63. The first kappa shape index (κ1) is 23.6. The third-order valence-corrected chi connectivity index (χ3v) is 6.43. The molecule has 2 rings (SSSR count). The summed E-state index contributed by atoms with van der Waals surface area (Å²) in [4.78, 5) is 36.0. The van der Waals surface area contributed by atoms with Crippen molar-refractivity contribution in [2.24, 2.45) is 0 Å². The molecule has 30 heavy (non-hydrogen) atoms. The molecule has 0 aliphatic heterocycles. The number of carbonyl (C=O) groups is 3. The van der Waals surface area contributed by atoms with Gasteiger partial charge in [0.25, 0.3) is 0 Å². The molecule has 2 atom stereocenters. The minimum absolute atomic E-state index is 0.0305. The Labute approximate surface area is 183 Å². The van der Waals surface area contributed by atoms with E-state index in [0.29, 0.717) is 11.1 Å². The summed E-state index contributed by atoms with van der Waals surface area (Å²) in [5.74, 6) is -1.09. The zero-order valence-corrected chi connectivity index (χ0v) is 19.3. The summed E-state index contributed by atoms with van der Waals surface area (Å²) in [5, 5.41) is 11.8. The molecule has 2 aromatic carbocycles. The van der Waals surface area contributed by atoms with Gasteiger partial charge in [0.15, 0.2) is 0 Å². The van der Waals surface area contributed by atoms with Gasteiger partial charge < -0.3 is 0 Å². The van der Waals surface area contributed by atoms with Crippen LogP contribution in [0.1, 0.15) is 43.6 Å². The summed E-state index contributed by atoms with van der Waals surface area (Å²) in [5.41, 5.74) is 0.583. The Morgan fingerprint density at radius 1 is 1.03 bits per heavy atom. The second-order valence-corrected chi connectivity index (χ2v) is 10.8. The van der Waals surface area contributed by atoms with E-state index in [0.717, 1.165) is 0 Å². The number of nitrogens with one attached hydrogen (secondary N) is 1. The number of aliphatic carboxylic acids is 1. The zero-order valence-electron chi connectivity index (χ0n) is 17.5. The van der Waals surface area contributed by atoms with E-state index >= 15 is 0 Å². The monoisotopic (exact) mass is 477 g/mol. The number of amides is 1. The number of rotatable bonds is 8. The summed E-state index contributed by atoms with van der Waals surface area (Å²) in [6.07, 6.45) is -0.689. The predicted octanol–water partition coefficient (Wildman–Crippen LogP) is 3.23. The molecular weight excluding hydrogens is 449 g/mol. The fourth-order valence-corrected chi connectivity index (χ4v) is 4.71. The second kappa shape index (κ2) is 10.4. The molecule has 0 aromatic heterocycles. The van der Waals surface area contributed by atoms with Gasteiger partial charge in [0, 0.05) is 0 Å². The van der Waals surface area contributed by atoms with Gasteiger partial charge in [-0.3, -0.25) is 0 Å². The molecule has 6 nitrogen and oxygen atoms in total. The number of carboxylic acids is 1. The van der Waals surface area contributed by atoms with Crippen LogP contribution in [0.25, 0.3) is 0 Å². The first-order valence-corrected chi connectivity index (χ1v) is 11.5. The number of benzene rings is 2. The summed E-state index contributed by atoms with van der Waals surface area (Å²) in [6, 6.07) is 15.7. The Balaban J connectivity index is 2.00. The van der Waals surface area contributed by atoms with Crippen LogP contribution in [0.15, 0.2) is 54.6 Å². The maximum absolute atomic E-state index is 12.7. The average molecular weight is 476 g/mol. The summed E-state index contributed by atoms with van der Waals surface area (Å²) in [7, 11) is 0. The molecule has 0 radical (unpaired) electrons. The van der Waals surface area contributed by atoms with Crippen molar-refractivity contribution < 1.29 is 24.2 Å².